The van der Waals surface area contributed by atoms with Gasteiger partial charge in [-0.25, -0.2) is 0 Å². The SMILES string of the molecule is COc1cc(Cn2c(-c3cc(-c4ccc(Cl)cc4Cl)no3)cc(C(N)=O)c2C)cc(OC)c1OC. The highest BCUT2D eigenvalue weighted by Gasteiger charge is 2.22. The summed E-state index contributed by atoms with van der Waals surface area (Å²) in [6.45, 7) is 2.18. The molecule has 0 radical (unpaired) electrons. The Morgan fingerprint density at radius 1 is 1.03 bits per heavy atom. The van der Waals surface area contributed by atoms with Crippen molar-refractivity contribution in [3.63, 3.8) is 0 Å². The summed E-state index contributed by atoms with van der Waals surface area (Å²) in [5, 5.41) is 5.13. The van der Waals surface area contributed by atoms with Crippen molar-refractivity contribution in [3.8, 4) is 40.0 Å². The number of halogens is 2. The van der Waals surface area contributed by atoms with Crippen molar-refractivity contribution in [1.82, 2.24) is 9.72 Å². The zero-order chi connectivity index (χ0) is 25.3. The van der Waals surface area contributed by atoms with E-state index in [0.717, 1.165) is 5.56 Å². The molecule has 0 saturated carbocycles. The number of carbonyl (C=O) groups is 1. The first kappa shape index (κ1) is 24.5. The summed E-state index contributed by atoms with van der Waals surface area (Å²) < 4.78 is 23.9. The molecule has 2 aromatic carbocycles. The summed E-state index contributed by atoms with van der Waals surface area (Å²) in [7, 11) is 4.65. The number of hydrogen-bond donors (Lipinski definition) is 1. The zero-order valence-corrected chi connectivity index (χ0v) is 21.0. The highest BCUT2D eigenvalue weighted by molar-refractivity contribution is 6.36. The molecule has 4 aromatic rings. The van der Waals surface area contributed by atoms with E-state index in [1.54, 1.807) is 51.7 Å². The van der Waals surface area contributed by atoms with Crippen LogP contribution in [0.15, 0.2) is 47.0 Å². The molecule has 0 aliphatic carbocycles. The summed E-state index contributed by atoms with van der Waals surface area (Å²) in [5.74, 6) is 1.41. The van der Waals surface area contributed by atoms with Gasteiger partial charge in [0, 0.05) is 28.9 Å². The Balaban J connectivity index is 1.81. The fraction of sp³-hybridized carbons (Fsp3) is 0.200. The van der Waals surface area contributed by atoms with Gasteiger partial charge in [0.1, 0.15) is 5.69 Å². The topological polar surface area (TPSA) is 102 Å². The predicted molar refractivity (Wildman–Crippen MR) is 134 cm³/mol. The normalized spacial score (nSPS) is 10.9. The Labute approximate surface area is 212 Å². The van der Waals surface area contributed by atoms with E-state index in [0.29, 0.717) is 67.8 Å². The van der Waals surface area contributed by atoms with E-state index < -0.39 is 5.91 Å². The molecule has 0 fully saturated rings. The summed E-state index contributed by atoms with van der Waals surface area (Å²) in [6.07, 6.45) is 0. The van der Waals surface area contributed by atoms with Crippen LogP contribution in [0.25, 0.3) is 22.7 Å². The largest absolute Gasteiger partial charge is 0.493 e. The molecule has 0 aliphatic heterocycles. The lowest BCUT2D eigenvalue weighted by atomic mass is 10.1. The molecule has 2 N–H and O–H groups in total. The Hall–Kier alpha value is -3.62. The monoisotopic (exact) mass is 515 g/mol. The van der Waals surface area contributed by atoms with E-state index >= 15 is 0 Å². The van der Waals surface area contributed by atoms with Crippen LogP contribution >= 0.6 is 23.2 Å². The highest BCUT2D eigenvalue weighted by Crippen LogP contribution is 2.39. The first-order valence-electron chi connectivity index (χ1n) is 10.5. The lowest BCUT2D eigenvalue weighted by Crippen LogP contribution is -2.13. The van der Waals surface area contributed by atoms with Crippen molar-refractivity contribution in [2.24, 2.45) is 5.73 Å². The van der Waals surface area contributed by atoms with Crippen molar-refractivity contribution < 1.29 is 23.5 Å². The van der Waals surface area contributed by atoms with Crippen molar-refractivity contribution in [2.75, 3.05) is 21.3 Å². The van der Waals surface area contributed by atoms with E-state index in [2.05, 4.69) is 5.16 Å². The molecule has 0 atom stereocenters. The number of nitrogens with two attached hydrogens (primary N) is 1. The first-order valence-corrected chi connectivity index (χ1v) is 11.2. The number of nitrogens with zero attached hydrogens (tertiary/aromatic N) is 2. The van der Waals surface area contributed by atoms with Gasteiger partial charge >= 0.3 is 0 Å². The summed E-state index contributed by atoms with van der Waals surface area (Å²) >= 11 is 12.4. The predicted octanol–water partition coefficient (Wildman–Crippen LogP) is 5.60. The second-order valence-electron chi connectivity index (χ2n) is 7.71. The quantitative estimate of drug-likeness (QED) is 0.327. The number of rotatable bonds is 8. The molecule has 182 valence electrons. The number of aromatic nitrogens is 2. The Morgan fingerprint density at radius 3 is 2.29 bits per heavy atom. The minimum atomic E-state index is -0.548. The van der Waals surface area contributed by atoms with E-state index in [9.17, 15) is 4.79 Å². The standard InChI is InChI=1S/C25H23Cl2N3O5/c1-13-17(25(28)31)10-20(21-11-19(29-35-21)16-6-5-15(26)9-18(16)27)30(13)12-14-7-22(32-2)24(34-4)23(8-14)33-3/h5-11H,12H2,1-4H3,(H2,28,31). The molecule has 0 saturated heterocycles. The van der Waals surface area contributed by atoms with Crippen molar-refractivity contribution in [3.05, 3.63) is 69.3 Å². The van der Waals surface area contributed by atoms with Crippen molar-refractivity contribution in [1.29, 1.82) is 0 Å². The third-order valence-corrected chi connectivity index (χ3v) is 6.21. The molecule has 1 amide bonds. The fourth-order valence-electron chi connectivity index (χ4n) is 3.93. The molecule has 8 nitrogen and oxygen atoms in total. The fourth-order valence-corrected chi connectivity index (χ4v) is 4.44. The van der Waals surface area contributed by atoms with Gasteiger partial charge < -0.3 is 29.0 Å². The molecule has 2 heterocycles. The minimum absolute atomic E-state index is 0.364. The molecule has 35 heavy (non-hydrogen) atoms. The summed E-state index contributed by atoms with van der Waals surface area (Å²) in [5.41, 5.74) is 9.34. The summed E-state index contributed by atoms with van der Waals surface area (Å²) in [4.78, 5) is 12.1. The van der Waals surface area contributed by atoms with Crippen LogP contribution in [0.5, 0.6) is 17.2 Å². The third kappa shape index (κ3) is 4.67. The maximum atomic E-state index is 12.1. The molecule has 0 unspecified atom stereocenters. The first-order chi connectivity index (χ1) is 16.8. The number of benzene rings is 2. The second kappa shape index (κ2) is 9.93. The molecule has 0 aliphatic rings. The number of methoxy groups -OCH3 is 3. The smallest absolute Gasteiger partial charge is 0.250 e. The highest BCUT2D eigenvalue weighted by atomic mass is 35.5. The molecular formula is C25H23Cl2N3O5. The van der Waals surface area contributed by atoms with Crippen LogP contribution < -0.4 is 19.9 Å². The van der Waals surface area contributed by atoms with E-state index in [1.165, 1.54) is 0 Å². The van der Waals surface area contributed by atoms with Crippen molar-refractivity contribution >= 4 is 29.1 Å². The van der Waals surface area contributed by atoms with Gasteiger partial charge in [0.25, 0.3) is 5.91 Å². The second-order valence-corrected chi connectivity index (χ2v) is 8.56. The number of hydrogen-bond acceptors (Lipinski definition) is 6. The van der Waals surface area contributed by atoms with Gasteiger partial charge in [0.05, 0.1) is 37.6 Å². The summed E-state index contributed by atoms with van der Waals surface area (Å²) in [6, 6.07) is 12.2. The van der Waals surface area contributed by atoms with Crippen LogP contribution in [0, 0.1) is 6.92 Å². The van der Waals surface area contributed by atoms with Crippen LogP contribution in [0.1, 0.15) is 21.6 Å². The minimum Gasteiger partial charge on any atom is -0.493 e. The van der Waals surface area contributed by atoms with Crippen LogP contribution in [-0.4, -0.2) is 37.0 Å². The molecule has 0 spiro atoms. The van der Waals surface area contributed by atoms with Gasteiger partial charge in [-0.3, -0.25) is 4.79 Å². The van der Waals surface area contributed by atoms with Crippen LogP contribution in [0.4, 0.5) is 0 Å². The number of ether oxygens (including phenoxy) is 3. The van der Waals surface area contributed by atoms with Gasteiger partial charge in [0.2, 0.25) is 5.75 Å². The lowest BCUT2D eigenvalue weighted by molar-refractivity contribution is 0.0999. The maximum absolute atomic E-state index is 12.1. The van der Waals surface area contributed by atoms with Gasteiger partial charge in [0.15, 0.2) is 17.3 Å². The zero-order valence-electron chi connectivity index (χ0n) is 19.5. The third-order valence-electron chi connectivity index (χ3n) is 5.67. The maximum Gasteiger partial charge on any atom is 0.250 e. The number of carbonyl (C=O) groups excluding carboxylic acids is 1. The van der Waals surface area contributed by atoms with Crippen LogP contribution in [0.2, 0.25) is 10.0 Å². The Kier molecular flexibility index (Phi) is 6.95. The van der Waals surface area contributed by atoms with Crippen molar-refractivity contribution in [2.45, 2.75) is 13.5 Å². The average molecular weight is 516 g/mol. The van der Waals surface area contributed by atoms with Gasteiger partial charge in [-0.1, -0.05) is 28.4 Å². The van der Waals surface area contributed by atoms with E-state index in [1.807, 2.05) is 23.6 Å². The van der Waals surface area contributed by atoms with E-state index in [-0.39, 0.29) is 0 Å². The molecule has 2 aromatic heterocycles. The van der Waals surface area contributed by atoms with Crippen LogP contribution in [-0.2, 0) is 6.54 Å². The molecule has 10 heteroatoms. The van der Waals surface area contributed by atoms with Gasteiger partial charge in [-0.2, -0.15) is 0 Å². The number of primary amides is 1. The lowest BCUT2D eigenvalue weighted by Gasteiger charge is -2.16. The average Bonchev–Trinajstić information content (AvgIpc) is 3.43. The molecule has 0 bridgehead atoms. The number of amides is 1. The van der Waals surface area contributed by atoms with Gasteiger partial charge in [-0.05, 0) is 48.9 Å². The Morgan fingerprint density at radius 2 is 1.71 bits per heavy atom. The van der Waals surface area contributed by atoms with Gasteiger partial charge in [-0.15, -0.1) is 0 Å². The molecular weight excluding hydrogens is 493 g/mol. The van der Waals surface area contributed by atoms with Crippen LogP contribution in [0.3, 0.4) is 0 Å². The molecule has 4 rings (SSSR count). The van der Waals surface area contributed by atoms with E-state index in [4.69, 9.17) is 47.7 Å². The Bertz CT molecular complexity index is 1390.